The average molecular weight is 312 g/mol. The van der Waals surface area contributed by atoms with Crippen molar-refractivity contribution in [1.82, 2.24) is 15.5 Å². The summed E-state index contributed by atoms with van der Waals surface area (Å²) in [5, 5.41) is 4.88. The zero-order valence-electron chi connectivity index (χ0n) is 10.8. The Balaban J connectivity index is 1.82. The second-order valence-electron chi connectivity index (χ2n) is 5.09. The molecule has 0 radical (unpaired) electrons. The van der Waals surface area contributed by atoms with Gasteiger partial charge in [-0.15, -0.1) is 0 Å². The third-order valence-corrected chi connectivity index (χ3v) is 3.97. The number of likely N-dealkylation sites (tertiary alicyclic amines) is 1. The number of halogens is 2. The Morgan fingerprint density at radius 3 is 2.76 bits per heavy atom. The highest BCUT2D eigenvalue weighted by Crippen LogP contribution is 2.26. The van der Waals surface area contributed by atoms with Crippen LogP contribution in [0.5, 0.6) is 0 Å². The standard InChI is InChI=1S/C13H11ClFN3O3/c14-7-1-2-8(9(15)5-7)10(19)18-4-3-13(6-18)11(20)16-12(21)17-13/h1-2,5H,3-4,6H2,(H2,16,17,20,21). The first-order valence-corrected chi connectivity index (χ1v) is 6.67. The van der Waals surface area contributed by atoms with Crippen LogP contribution >= 0.6 is 11.6 Å². The highest BCUT2D eigenvalue weighted by molar-refractivity contribution is 6.30. The molecule has 3 rings (SSSR count). The summed E-state index contributed by atoms with van der Waals surface area (Å²) in [5.74, 6) is -1.71. The minimum atomic E-state index is -1.10. The Morgan fingerprint density at radius 2 is 2.14 bits per heavy atom. The third-order valence-electron chi connectivity index (χ3n) is 3.73. The van der Waals surface area contributed by atoms with Gasteiger partial charge in [0.1, 0.15) is 11.4 Å². The number of carbonyl (C=O) groups is 3. The van der Waals surface area contributed by atoms with Gasteiger partial charge in [-0.25, -0.2) is 9.18 Å². The maximum atomic E-state index is 13.8. The maximum Gasteiger partial charge on any atom is 0.322 e. The van der Waals surface area contributed by atoms with Crippen molar-refractivity contribution in [3.8, 4) is 0 Å². The van der Waals surface area contributed by atoms with Gasteiger partial charge < -0.3 is 10.2 Å². The van der Waals surface area contributed by atoms with E-state index in [2.05, 4.69) is 10.6 Å². The van der Waals surface area contributed by atoms with Crippen LogP contribution in [0.15, 0.2) is 18.2 Å². The molecule has 0 bridgehead atoms. The summed E-state index contributed by atoms with van der Waals surface area (Å²) >= 11 is 5.65. The number of carbonyl (C=O) groups excluding carboxylic acids is 3. The van der Waals surface area contributed by atoms with Crippen LogP contribution in [0.25, 0.3) is 0 Å². The van der Waals surface area contributed by atoms with Gasteiger partial charge in [0.15, 0.2) is 0 Å². The van der Waals surface area contributed by atoms with Crippen molar-refractivity contribution < 1.29 is 18.8 Å². The fraction of sp³-hybridized carbons (Fsp3) is 0.308. The van der Waals surface area contributed by atoms with E-state index in [0.29, 0.717) is 6.42 Å². The number of imide groups is 1. The molecule has 4 amide bonds. The van der Waals surface area contributed by atoms with E-state index in [1.54, 1.807) is 0 Å². The number of nitrogens with one attached hydrogen (secondary N) is 2. The molecule has 8 heteroatoms. The minimum absolute atomic E-state index is 0.0193. The van der Waals surface area contributed by atoms with Crippen molar-refractivity contribution >= 4 is 29.4 Å². The van der Waals surface area contributed by atoms with Crippen LogP contribution in [0.2, 0.25) is 5.02 Å². The molecule has 0 saturated carbocycles. The third kappa shape index (κ3) is 2.23. The lowest BCUT2D eigenvalue weighted by Crippen LogP contribution is -2.49. The number of nitrogens with zero attached hydrogens (tertiary/aromatic N) is 1. The number of amides is 4. The summed E-state index contributed by atoms with van der Waals surface area (Å²) in [6.45, 7) is 0.278. The van der Waals surface area contributed by atoms with E-state index in [9.17, 15) is 18.8 Å². The van der Waals surface area contributed by atoms with Gasteiger partial charge in [-0.2, -0.15) is 0 Å². The maximum absolute atomic E-state index is 13.8. The van der Waals surface area contributed by atoms with Gasteiger partial charge in [0.05, 0.1) is 12.1 Å². The predicted molar refractivity (Wildman–Crippen MR) is 71.3 cm³/mol. The summed E-state index contributed by atoms with van der Waals surface area (Å²) in [6, 6.07) is 3.21. The monoisotopic (exact) mass is 311 g/mol. The highest BCUT2D eigenvalue weighted by Gasteiger charge is 2.51. The molecule has 21 heavy (non-hydrogen) atoms. The lowest BCUT2D eigenvalue weighted by molar-refractivity contribution is -0.123. The minimum Gasteiger partial charge on any atom is -0.336 e. The van der Waals surface area contributed by atoms with E-state index in [1.807, 2.05) is 0 Å². The van der Waals surface area contributed by atoms with Gasteiger partial charge in [-0.05, 0) is 24.6 Å². The molecule has 2 saturated heterocycles. The van der Waals surface area contributed by atoms with Crippen LogP contribution in [0, 0.1) is 5.82 Å². The van der Waals surface area contributed by atoms with Crippen molar-refractivity contribution in [3.63, 3.8) is 0 Å². The second-order valence-corrected chi connectivity index (χ2v) is 5.53. The van der Waals surface area contributed by atoms with Crippen LogP contribution in [0.3, 0.4) is 0 Å². The molecule has 110 valence electrons. The van der Waals surface area contributed by atoms with Crippen molar-refractivity contribution in [3.05, 3.63) is 34.6 Å². The van der Waals surface area contributed by atoms with Crippen LogP contribution < -0.4 is 10.6 Å². The molecule has 2 aliphatic rings. The van der Waals surface area contributed by atoms with Crippen LogP contribution in [0.1, 0.15) is 16.8 Å². The summed E-state index contributed by atoms with van der Waals surface area (Å²) in [7, 11) is 0. The topological polar surface area (TPSA) is 78.5 Å². The Labute approximate surface area is 124 Å². The molecule has 6 nitrogen and oxygen atoms in total. The summed E-state index contributed by atoms with van der Waals surface area (Å²) in [5.41, 5.74) is -1.21. The summed E-state index contributed by atoms with van der Waals surface area (Å²) in [6.07, 6.45) is 0.297. The molecule has 1 spiro atoms. The first-order valence-electron chi connectivity index (χ1n) is 6.29. The zero-order valence-corrected chi connectivity index (χ0v) is 11.5. The normalized spacial score (nSPS) is 24.4. The van der Waals surface area contributed by atoms with E-state index < -0.39 is 29.2 Å². The molecule has 2 heterocycles. The number of urea groups is 1. The molecule has 1 unspecified atom stereocenters. The fourth-order valence-corrected chi connectivity index (χ4v) is 2.79. The lowest BCUT2D eigenvalue weighted by atomic mass is 9.99. The van der Waals surface area contributed by atoms with Crippen LogP contribution in [0.4, 0.5) is 9.18 Å². The average Bonchev–Trinajstić information content (AvgIpc) is 2.94. The summed E-state index contributed by atoms with van der Waals surface area (Å²) < 4.78 is 13.8. The van der Waals surface area contributed by atoms with Gasteiger partial charge in [-0.3, -0.25) is 14.9 Å². The molecular weight excluding hydrogens is 301 g/mol. The quantitative estimate of drug-likeness (QED) is 0.757. The van der Waals surface area contributed by atoms with Crippen LogP contribution in [-0.4, -0.2) is 41.4 Å². The lowest BCUT2D eigenvalue weighted by Gasteiger charge is -2.21. The highest BCUT2D eigenvalue weighted by atomic mass is 35.5. The van der Waals surface area contributed by atoms with Crippen molar-refractivity contribution in [2.75, 3.05) is 13.1 Å². The van der Waals surface area contributed by atoms with Crippen molar-refractivity contribution in [1.29, 1.82) is 0 Å². The fourth-order valence-electron chi connectivity index (χ4n) is 2.63. The molecule has 1 aromatic carbocycles. The van der Waals surface area contributed by atoms with E-state index in [1.165, 1.54) is 17.0 Å². The molecule has 0 aromatic heterocycles. The smallest absolute Gasteiger partial charge is 0.322 e. The SMILES string of the molecule is O=C1NC(=O)C2(CCN(C(=O)c3ccc(Cl)cc3F)C2)N1. The van der Waals surface area contributed by atoms with Crippen molar-refractivity contribution in [2.24, 2.45) is 0 Å². The van der Waals surface area contributed by atoms with E-state index in [-0.39, 0.29) is 23.7 Å². The van der Waals surface area contributed by atoms with Gasteiger partial charge >= 0.3 is 6.03 Å². The Morgan fingerprint density at radius 1 is 1.38 bits per heavy atom. The Bertz CT molecular complexity index is 666. The van der Waals surface area contributed by atoms with E-state index in [0.717, 1.165) is 6.07 Å². The van der Waals surface area contributed by atoms with Gasteiger partial charge in [-0.1, -0.05) is 11.6 Å². The molecule has 2 N–H and O–H groups in total. The first-order chi connectivity index (χ1) is 9.91. The van der Waals surface area contributed by atoms with Gasteiger partial charge in [0, 0.05) is 11.6 Å². The predicted octanol–water partition coefficient (Wildman–Crippen LogP) is 0.903. The molecule has 1 atom stereocenters. The van der Waals surface area contributed by atoms with E-state index >= 15 is 0 Å². The van der Waals surface area contributed by atoms with Crippen molar-refractivity contribution in [2.45, 2.75) is 12.0 Å². The van der Waals surface area contributed by atoms with Gasteiger partial charge in [0.2, 0.25) is 0 Å². The number of hydrogen-bond acceptors (Lipinski definition) is 3. The van der Waals surface area contributed by atoms with Gasteiger partial charge in [0.25, 0.3) is 11.8 Å². The Kier molecular flexibility index (Phi) is 3.09. The number of hydrogen-bond donors (Lipinski definition) is 2. The molecule has 0 aliphatic carbocycles. The molecule has 2 aliphatic heterocycles. The number of benzene rings is 1. The zero-order chi connectivity index (χ0) is 15.2. The largest absolute Gasteiger partial charge is 0.336 e. The summed E-state index contributed by atoms with van der Waals surface area (Å²) in [4.78, 5) is 36.7. The first kappa shape index (κ1) is 13.8. The Hall–Kier alpha value is -2.15. The molecular formula is C13H11ClFN3O3. The number of rotatable bonds is 1. The molecule has 2 fully saturated rings. The second kappa shape index (κ2) is 4.70. The molecule has 1 aromatic rings. The van der Waals surface area contributed by atoms with E-state index in [4.69, 9.17) is 11.6 Å². The van der Waals surface area contributed by atoms with Crippen LogP contribution in [-0.2, 0) is 4.79 Å².